The second kappa shape index (κ2) is 6.10. The fourth-order valence-corrected chi connectivity index (χ4v) is 2.31. The molecule has 0 fully saturated rings. The second-order valence-electron chi connectivity index (χ2n) is 5.75. The van der Waals surface area contributed by atoms with E-state index in [9.17, 15) is 0 Å². The van der Waals surface area contributed by atoms with Gasteiger partial charge in [-0.3, -0.25) is 0 Å². The Morgan fingerprint density at radius 3 is 2.10 bits per heavy atom. The molecule has 1 aromatic heterocycles. The maximum absolute atomic E-state index is 6.13. The van der Waals surface area contributed by atoms with E-state index in [1.165, 1.54) is 5.56 Å². The number of rotatable bonds is 3. The number of anilines is 3. The molecule has 4 N–H and O–H groups in total. The monoisotopic (exact) mass is 324 g/mol. The highest BCUT2D eigenvalue weighted by Gasteiger charge is 2.13. The van der Waals surface area contributed by atoms with Crippen LogP contribution < -0.4 is 16.6 Å². The number of halogens is 2. The van der Waals surface area contributed by atoms with Crippen molar-refractivity contribution in [3.05, 3.63) is 45.9 Å². The van der Waals surface area contributed by atoms with Crippen molar-refractivity contribution in [2.24, 2.45) is 5.84 Å². The Morgan fingerprint density at radius 1 is 1.00 bits per heavy atom. The minimum absolute atomic E-state index is 0.116. The van der Waals surface area contributed by atoms with E-state index in [2.05, 4.69) is 48.6 Å². The van der Waals surface area contributed by atoms with Crippen LogP contribution in [0.1, 0.15) is 26.3 Å². The van der Waals surface area contributed by atoms with Crippen LogP contribution in [-0.2, 0) is 5.41 Å². The molecule has 0 aliphatic heterocycles. The van der Waals surface area contributed by atoms with Crippen LogP contribution in [0, 0.1) is 0 Å². The number of aromatic nitrogens is 1. The quantitative estimate of drug-likeness (QED) is 0.565. The molecule has 4 nitrogen and oxygen atoms in total. The van der Waals surface area contributed by atoms with Gasteiger partial charge >= 0.3 is 0 Å². The third-order valence-electron chi connectivity index (χ3n) is 3.08. The summed E-state index contributed by atoms with van der Waals surface area (Å²) in [6.07, 6.45) is 0. The van der Waals surface area contributed by atoms with Crippen LogP contribution in [0.3, 0.4) is 0 Å². The van der Waals surface area contributed by atoms with Gasteiger partial charge in [0, 0.05) is 5.69 Å². The SMILES string of the molecule is CC(C)(C)c1ccc(Nc2nc(NN)c(Cl)cc2Cl)cc1. The number of nitrogen functional groups attached to an aromatic ring is 1. The van der Waals surface area contributed by atoms with E-state index < -0.39 is 0 Å². The van der Waals surface area contributed by atoms with Gasteiger partial charge in [0.2, 0.25) is 0 Å². The molecule has 0 aliphatic rings. The molecule has 0 bridgehead atoms. The maximum Gasteiger partial charge on any atom is 0.161 e. The van der Waals surface area contributed by atoms with E-state index in [1.54, 1.807) is 6.07 Å². The first-order valence-electron chi connectivity index (χ1n) is 6.51. The highest BCUT2D eigenvalue weighted by molar-refractivity contribution is 6.37. The first-order chi connectivity index (χ1) is 9.81. The van der Waals surface area contributed by atoms with Crippen molar-refractivity contribution in [2.75, 3.05) is 10.7 Å². The van der Waals surface area contributed by atoms with Gasteiger partial charge in [-0.1, -0.05) is 56.1 Å². The van der Waals surface area contributed by atoms with Gasteiger partial charge in [-0.2, -0.15) is 0 Å². The molecule has 112 valence electrons. The molecule has 0 radical (unpaired) electrons. The van der Waals surface area contributed by atoms with Crippen molar-refractivity contribution >= 4 is 40.5 Å². The lowest BCUT2D eigenvalue weighted by atomic mass is 9.87. The molecule has 0 amide bonds. The molecule has 2 aromatic rings. The first kappa shape index (κ1) is 15.9. The van der Waals surface area contributed by atoms with Crippen molar-refractivity contribution in [2.45, 2.75) is 26.2 Å². The highest BCUT2D eigenvalue weighted by Crippen LogP contribution is 2.31. The zero-order valence-electron chi connectivity index (χ0n) is 12.2. The van der Waals surface area contributed by atoms with Crippen LogP contribution in [-0.4, -0.2) is 4.98 Å². The summed E-state index contributed by atoms with van der Waals surface area (Å²) in [5.74, 6) is 6.23. The Kier molecular flexibility index (Phi) is 4.61. The predicted molar refractivity (Wildman–Crippen MR) is 90.5 cm³/mol. The third kappa shape index (κ3) is 3.79. The number of nitrogens with zero attached hydrogens (tertiary/aromatic N) is 1. The number of hydrogen-bond donors (Lipinski definition) is 3. The minimum Gasteiger partial charge on any atom is -0.339 e. The van der Waals surface area contributed by atoms with Crippen molar-refractivity contribution in [1.29, 1.82) is 0 Å². The average Bonchev–Trinajstić information content (AvgIpc) is 2.41. The van der Waals surface area contributed by atoms with Crippen LogP contribution in [0.15, 0.2) is 30.3 Å². The molecule has 0 unspecified atom stereocenters. The second-order valence-corrected chi connectivity index (χ2v) is 6.56. The van der Waals surface area contributed by atoms with Crippen molar-refractivity contribution < 1.29 is 0 Å². The summed E-state index contributed by atoms with van der Waals surface area (Å²) in [5.41, 5.74) is 4.70. The number of nitrogens with one attached hydrogen (secondary N) is 2. The first-order valence-corrected chi connectivity index (χ1v) is 7.27. The smallest absolute Gasteiger partial charge is 0.161 e. The fourth-order valence-electron chi connectivity index (χ4n) is 1.85. The average molecular weight is 325 g/mol. The molecule has 2 rings (SSSR count). The minimum atomic E-state index is 0.116. The topological polar surface area (TPSA) is 63.0 Å². The van der Waals surface area contributed by atoms with Gasteiger partial charge in [-0.05, 0) is 29.2 Å². The Bertz CT molecular complexity index is 633. The van der Waals surface area contributed by atoms with E-state index in [-0.39, 0.29) is 5.41 Å². The largest absolute Gasteiger partial charge is 0.339 e. The lowest BCUT2D eigenvalue weighted by Crippen LogP contribution is -2.11. The van der Waals surface area contributed by atoms with E-state index >= 15 is 0 Å². The van der Waals surface area contributed by atoms with Crippen LogP contribution in [0.2, 0.25) is 10.0 Å². The zero-order chi connectivity index (χ0) is 15.6. The number of pyridine rings is 1. The Labute approximate surface area is 134 Å². The number of hydrazine groups is 1. The summed E-state index contributed by atoms with van der Waals surface area (Å²) in [5, 5.41) is 3.96. The van der Waals surface area contributed by atoms with Gasteiger partial charge < -0.3 is 10.7 Å². The number of nitrogens with two attached hydrogens (primary N) is 1. The zero-order valence-corrected chi connectivity index (χ0v) is 13.7. The van der Waals surface area contributed by atoms with Crippen molar-refractivity contribution in [1.82, 2.24) is 4.98 Å². The third-order valence-corrected chi connectivity index (χ3v) is 3.66. The lowest BCUT2D eigenvalue weighted by molar-refractivity contribution is 0.590. The molecule has 21 heavy (non-hydrogen) atoms. The van der Waals surface area contributed by atoms with Gasteiger partial charge in [0.05, 0.1) is 10.0 Å². The Morgan fingerprint density at radius 2 is 1.57 bits per heavy atom. The number of benzene rings is 1. The van der Waals surface area contributed by atoms with E-state index in [0.29, 0.717) is 21.7 Å². The molecule has 0 saturated heterocycles. The summed E-state index contributed by atoms with van der Waals surface area (Å²) in [6, 6.07) is 9.73. The molecular weight excluding hydrogens is 307 g/mol. The van der Waals surface area contributed by atoms with Crippen molar-refractivity contribution in [3.8, 4) is 0 Å². The van der Waals surface area contributed by atoms with Gasteiger partial charge in [0.1, 0.15) is 0 Å². The molecule has 0 spiro atoms. The van der Waals surface area contributed by atoms with Crippen LogP contribution in [0.4, 0.5) is 17.3 Å². The summed E-state index contributed by atoms with van der Waals surface area (Å²) in [7, 11) is 0. The van der Waals surface area contributed by atoms with Gasteiger partial charge in [-0.15, -0.1) is 0 Å². The molecule has 1 heterocycles. The highest BCUT2D eigenvalue weighted by atomic mass is 35.5. The maximum atomic E-state index is 6.13. The molecule has 0 saturated carbocycles. The molecule has 0 atom stereocenters. The van der Waals surface area contributed by atoms with Gasteiger partial charge in [-0.25, -0.2) is 10.8 Å². The van der Waals surface area contributed by atoms with E-state index in [4.69, 9.17) is 29.0 Å². The summed E-state index contributed by atoms with van der Waals surface area (Å²) in [4.78, 5) is 4.25. The molecule has 6 heteroatoms. The summed E-state index contributed by atoms with van der Waals surface area (Å²) < 4.78 is 0. The Hall–Kier alpha value is -1.49. The lowest BCUT2D eigenvalue weighted by Gasteiger charge is -2.19. The van der Waals surface area contributed by atoms with E-state index in [1.807, 2.05) is 12.1 Å². The van der Waals surface area contributed by atoms with Gasteiger partial charge in [0.25, 0.3) is 0 Å². The summed E-state index contributed by atoms with van der Waals surface area (Å²) in [6.45, 7) is 6.52. The van der Waals surface area contributed by atoms with E-state index in [0.717, 1.165) is 5.69 Å². The Balaban J connectivity index is 2.26. The molecule has 0 aliphatic carbocycles. The van der Waals surface area contributed by atoms with Crippen LogP contribution in [0.25, 0.3) is 0 Å². The normalized spacial score (nSPS) is 11.3. The molecule has 1 aromatic carbocycles. The standard InChI is InChI=1S/C15H18Cl2N4/c1-15(2,3)9-4-6-10(7-5-9)19-13-11(16)8-12(17)14(20-13)21-18/h4-8H,18H2,1-3H3,(H2,19,20,21). The molecular formula is C15H18Cl2N4. The fraction of sp³-hybridized carbons (Fsp3) is 0.267. The van der Waals surface area contributed by atoms with Crippen LogP contribution in [0.5, 0.6) is 0 Å². The van der Waals surface area contributed by atoms with Gasteiger partial charge in [0.15, 0.2) is 11.6 Å². The van der Waals surface area contributed by atoms with Crippen LogP contribution >= 0.6 is 23.2 Å². The predicted octanol–water partition coefficient (Wildman–Crippen LogP) is 4.72. The summed E-state index contributed by atoms with van der Waals surface area (Å²) >= 11 is 12.1. The number of hydrogen-bond acceptors (Lipinski definition) is 4. The van der Waals surface area contributed by atoms with Crippen molar-refractivity contribution in [3.63, 3.8) is 0 Å².